The molecule has 1 aliphatic heterocycles. The Morgan fingerprint density at radius 2 is 2.09 bits per heavy atom. The van der Waals surface area contributed by atoms with Gasteiger partial charge in [0.05, 0.1) is 12.5 Å². The maximum absolute atomic E-state index is 11.8. The fourth-order valence-corrected chi connectivity index (χ4v) is 2.75. The Balaban J connectivity index is 1.88. The lowest BCUT2D eigenvalue weighted by molar-refractivity contribution is -0.149. The van der Waals surface area contributed by atoms with Crippen molar-refractivity contribution in [3.63, 3.8) is 0 Å². The van der Waals surface area contributed by atoms with Gasteiger partial charge in [0.1, 0.15) is 12.4 Å². The quantitative estimate of drug-likeness (QED) is 0.573. The summed E-state index contributed by atoms with van der Waals surface area (Å²) >= 11 is 0. The first-order chi connectivity index (χ1) is 10.7. The van der Waals surface area contributed by atoms with Crippen LogP contribution in [0.25, 0.3) is 0 Å². The molecular formula is C18H25NO3. The van der Waals surface area contributed by atoms with Crippen LogP contribution in [0.15, 0.2) is 36.9 Å². The van der Waals surface area contributed by atoms with Crippen LogP contribution in [0, 0.1) is 5.92 Å². The van der Waals surface area contributed by atoms with Gasteiger partial charge in [-0.1, -0.05) is 30.9 Å². The lowest BCUT2D eigenvalue weighted by atomic mass is 9.96. The number of hydrogen-bond acceptors (Lipinski definition) is 4. The predicted octanol–water partition coefficient (Wildman–Crippen LogP) is 3.03. The van der Waals surface area contributed by atoms with Crippen LogP contribution in [0.5, 0.6) is 5.75 Å². The summed E-state index contributed by atoms with van der Waals surface area (Å²) in [4.78, 5) is 14.1. The van der Waals surface area contributed by atoms with Gasteiger partial charge < -0.3 is 9.47 Å². The number of ether oxygens (including phenoxy) is 2. The molecule has 0 atom stereocenters. The van der Waals surface area contributed by atoms with Crippen molar-refractivity contribution in [2.24, 2.45) is 5.92 Å². The lowest BCUT2D eigenvalue weighted by Crippen LogP contribution is -2.36. The maximum atomic E-state index is 11.8. The van der Waals surface area contributed by atoms with Crippen molar-refractivity contribution >= 4 is 5.97 Å². The summed E-state index contributed by atoms with van der Waals surface area (Å²) < 4.78 is 10.8. The van der Waals surface area contributed by atoms with Gasteiger partial charge in [-0.15, -0.1) is 0 Å². The van der Waals surface area contributed by atoms with Gasteiger partial charge in [0.15, 0.2) is 0 Å². The number of benzene rings is 1. The first-order valence-corrected chi connectivity index (χ1v) is 7.95. The lowest BCUT2D eigenvalue weighted by Gasteiger charge is -2.31. The van der Waals surface area contributed by atoms with Crippen molar-refractivity contribution in [1.29, 1.82) is 0 Å². The van der Waals surface area contributed by atoms with Crippen molar-refractivity contribution in [1.82, 2.24) is 4.90 Å². The number of carbonyl (C=O) groups excluding carboxylic acids is 1. The molecule has 0 N–H and O–H groups in total. The van der Waals surface area contributed by atoms with Gasteiger partial charge in [0, 0.05) is 12.1 Å². The smallest absolute Gasteiger partial charge is 0.309 e. The normalized spacial score (nSPS) is 16.2. The molecule has 0 radical (unpaired) electrons. The summed E-state index contributed by atoms with van der Waals surface area (Å²) in [6, 6.07) is 8.09. The number of hydrogen-bond donors (Lipinski definition) is 0. The molecule has 4 nitrogen and oxygen atoms in total. The number of para-hydroxylation sites is 1. The molecule has 1 heterocycles. The van der Waals surface area contributed by atoms with Crippen LogP contribution < -0.4 is 4.74 Å². The summed E-state index contributed by atoms with van der Waals surface area (Å²) in [7, 11) is 0. The highest BCUT2D eigenvalue weighted by molar-refractivity contribution is 5.72. The van der Waals surface area contributed by atoms with E-state index in [-0.39, 0.29) is 11.9 Å². The molecule has 22 heavy (non-hydrogen) atoms. The third kappa shape index (κ3) is 4.60. The highest BCUT2D eigenvalue weighted by Crippen LogP contribution is 2.24. The van der Waals surface area contributed by atoms with Gasteiger partial charge in [0.2, 0.25) is 0 Å². The number of carbonyl (C=O) groups is 1. The van der Waals surface area contributed by atoms with Gasteiger partial charge in [-0.25, -0.2) is 0 Å². The SMILES string of the molecule is C=CCOc1ccccc1CN1CCC(C(=O)OCC)CC1. The van der Waals surface area contributed by atoms with E-state index >= 15 is 0 Å². The van der Waals surface area contributed by atoms with Crippen molar-refractivity contribution in [2.75, 3.05) is 26.3 Å². The minimum Gasteiger partial charge on any atom is -0.489 e. The number of esters is 1. The molecule has 2 rings (SSSR count). The molecule has 0 aromatic heterocycles. The molecule has 1 saturated heterocycles. The first-order valence-electron chi connectivity index (χ1n) is 7.95. The van der Waals surface area contributed by atoms with Crippen LogP contribution in [0.1, 0.15) is 25.3 Å². The van der Waals surface area contributed by atoms with Gasteiger partial charge >= 0.3 is 5.97 Å². The van der Waals surface area contributed by atoms with Crippen molar-refractivity contribution in [2.45, 2.75) is 26.3 Å². The Labute approximate surface area is 132 Å². The van der Waals surface area contributed by atoms with Crippen LogP contribution in [-0.2, 0) is 16.1 Å². The second-order valence-electron chi connectivity index (χ2n) is 5.51. The Kier molecular flexibility index (Phi) is 6.46. The Morgan fingerprint density at radius 3 is 2.77 bits per heavy atom. The number of piperidine rings is 1. The third-order valence-electron chi connectivity index (χ3n) is 3.93. The average molecular weight is 303 g/mol. The van der Waals surface area contributed by atoms with Crippen LogP contribution in [0.3, 0.4) is 0 Å². The molecule has 1 aliphatic rings. The topological polar surface area (TPSA) is 38.8 Å². The van der Waals surface area contributed by atoms with E-state index in [2.05, 4.69) is 17.5 Å². The van der Waals surface area contributed by atoms with Crippen molar-refractivity contribution in [3.8, 4) is 5.75 Å². The van der Waals surface area contributed by atoms with Gasteiger partial charge in [-0.2, -0.15) is 0 Å². The summed E-state index contributed by atoms with van der Waals surface area (Å²) in [6.45, 7) is 9.20. The first kappa shape index (κ1) is 16.6. The molecule has 0 unspecified atom stereocenters. The molecular weight excluding hydrogens is 278 g/mol. The maximum Gasteiger partial charge on any atom is 0.309 e. The average Bonchev–Trinajstić information content (AvgIpc) is 2.55. The number of likely N-dealkylation sites (tertiary alicyclic amines) is 1. The Hall–Kier alpha value is -1.81. The van der Waals surface area contributed by atoms with E-state index in [9.17, 15) is 4.79 Å². The molecule has 0 spiro atoms. The van der Waals surface area contributed by atoms with E-state index in [1.54, 1.807) is 6.08 Å². The zero-order chi connectivity index (χ0) is 15.8. The summed E-state index contributed by atoms with van der Waals surface area (Å²) in [6.07, 6.45) is 3.49. The van der Waals surface area contributed by atoms with E-state index in [0.717, 1.165) is 38.2 Å². The van der Waals surface area contributed by atoms with Crippen LogP contribution in [0.2, 0.25) is 0 Å². The minimum atomic E-state index is -0.0446. The molecule has 0 aliphatic carbocycles. The summed E-state index contributed by atoms with van der Waals surface area (Å²) in [5.41, 5.74) is 1.18. The van der Waals surface area contributed by atoms with Gasteiger partial charge in [-0.05, 0) is 38.9 Å². The standard InChI is InChI=1S/C18H25NO3/c1-3-13-22-17-8-6-5-7-16(17)14-19-11-9-15(10-12-19)18(20)21-4-2/h3,5-8,15H,1,4,9-14H2,2H3. The molecule has 1 aromatic carbocycles. The highest BCUT2D eigenvalue weighted by Gasteiger charge is 2.26. The second kappa shape index (κ2) is 8.59. The zero-order valence-corrected chi connectivity index (χ0v) is 13.3. The van der Waals surface area contributed by atoms with Crippen LogP contribution in [0.4, 0.5) is 0 Å². The van der Waals surface area contributed by atoms with E-state index in [4.69, 9.17) is 9.47 Å². The summed E-state index contributed by atoms with van der Waals surface area (Å²) in [5, 5.41) is 0. The fraction of sp³-hybridized carbons (Fsp3) is 0.500. The molecule has 0 amide bonds. The van der Waals surface area contributed by atoms with E-state index in [0.29, 0.717) is 13.2 Å². The largest absolute Gasteiger partial charge is 0.489 e. The van der Waals surface area contributed by atoms with Crippen molar-refractivity contribution < 1.29 is 14.3 Å². The molecule has 1 aromatic rings. The zero-order valence-electron chi connectivity index (χ0n) is 13.3. The van der Waals surface area contributed by atoms with Gasteiger partial charge in [0.25, 0.3) is 0 Å². The fourth-order valence-electron chi connectivity index (χ4n) is 2.75. The van der Waals surface area contributed by atoms with Gasteiger partial charge in [-0.3, -0.25) is 9.69 Å². The Morgan fingerprint density at radius 1 is 1.36 bits per heavy atom. The van der Waals surface area contributed by atoms with E-state index < -0.39 is 0 Å². The summed E-state index contributed by atoms with van der Waals surface area (Å²) in [5.74, 6) is 0.926. The molecule has 1 fully saturated rings. The predicted molar refractivity (Wildman–Crippen MR) is 86.8 cm³/mol. The Bertz CT molecular complexity index is 493. The van der Waals surface area contributed by atoms with Crippen molar-refractivity contribution in [3.05, 3.63) is 42.5 Å². The van der Waals surface area contributed by atoms with Crippen LogP contribution in [-0.4, -0.2) is 37.2 Å². The second-order valence-corrected chi connectivity index (χ2v) is 5.51. The molecule has 4 heteroatoms. The van der Waals surface area contributed by atoms with Crippen LogP contribution >= 0.6 is 0 Å². The van der Waals surface area contributed by atoms with E-state index in [1.807, 2.05) is 25.1 Å². The highest BCUT2D eigenvalue weighted by atomic mass is 16.5. The van der Waals surface area contributed by atoms with E-state index in [1.165, 1.54) is 5.56 Å². The molecule has 0 saturated carbocycles. The monoisotopic (exact) mass is 303 g/mol. The number of rotatable bonds is 7. The molecule has 120 valence electrons. The molecule has 0 bridgehead atoms. The minimum absolute atomic E-state index is 0.0446. The third-order valence-corrected chi connectivity index (χ3v) is 3.93. The number of nitrogens with zero attached hydrogens (tertiary/aromatic N) is 1.